The summed E-state index contributed by atoms with van der Waals surface area (Å²) < 4.78 is 19.6. The van der Waals surface area contributed by atoms with Gasteiger partial charge in [-0.15, -0.1) is 0 Å². The standard InChI is InChI=1S/C29H26ClFN2O7/c1-3-40-21-6-4-5-16(24(21)34)23-14-8-9-15-22(27(37)33(39)25(15)35)17(14)12-18-26(36)32(28(38)29(18,23)2)13-7-10-20(31)19(30)11-13/h4-8,10-11,15,17-18,22-23,34,39H,3,9,12H2,1-2H3/t15-,17+,18-,22-,23+,29+/m0/s1. The summed E-state index contributed by atoms with van der Waals surface area (Å²) >= 11 is 5.99. The Morgan fingerprint density at radius 2 is 1.85 bits per heavy atom. The number of amides is 4. The number of carbonyl (C=O) groups excluding carboxylic acids is 4. The summed E-state index contributed by atoms with van der Waals surface area (Å²) in [6.45, 7) is 3.69. The summed E-state index contributed by atoms with van der Waals surface area (Å²) in [5.41, 5.74) is -0.335. The molecule has 2 aliphatic heterocycles. The number of anilines is 1. The molecular weight excluding hydrogens is 543 g/mol. The van der Waals surface area contributed by atoms with Crippen LogP contribution in [0.4, 0.5) is 10.1 Å². The van der Waals surface area contributed by atoms with Gasteiger partial charge in [0.1, 0.15) is 5.82 Å². The predicted octanol–water partition coefficient (Wildman–Crippen LogP) is 4.20. The first-order valence-corrected chi connectivity index (χ1v) is 13.4. The minimum atomic E-state index is -1.42. The fraction of sp³-hybridized carbons (Fsp3) is 0.379. The number of carbonyl (C=O) groups is 4. The van der Waals surface area contributed by atoms with Gasteiger partial charge in [0.2, 0.25) is 11.8 Å². The summed E-state index contributed by atoms with van der Waals surface area (Å²) in [7, 11) is 0. The number of ether oxygens (including phenoxy) is 1. The highest BCUT2D eigenvalue weighted by atomic mass is 35.5. The van der Waals surface area contributed by atoms with Crippen molar-refractivity contribution < 1.29 is 38.6 Å². The third kappa shape index (κ3) is 3.42. The first kappa shape index (κ1) is 26.5. The molecule has 0 spiro atoms. The highest BCUT2D eigenvalue weighted by Gasteiger charge is 2.68. The first-order valence-electron chi connectivity index (χ1n) is 13.1. The maximum absolute atomic E-state index is 14.3. The molecule has 3 fully saturated rings. The topological polar surface area (TPSA) is 124 Å². The molecule has 11 heteroatoms. The largest absolute Gasteiger partial charge is 0.504 e. The number of rotatable bonds is 4. The van der Waals surface area contributed by atoms with Gasteiger partial charge in [0.05, 0.1) is 40.5 Å². The first-order chi connectivity index (χ1) is 19.0. The van der Waals surface area contributed by atoms with Crippen LogP contribution in [0.5, 0.6) is 11.5 Å². The Morgan fingerprint density at radius 3 is 2.55 bits per heavy atom. The van der Waals surface area contributed by atoms with Crippen molar-refractivity contribution in [2.24, 2.45) is 29.1 Å². The number of para-hydroxylation sites is 1. The molecule has 4 amide bonds. The molecule has 4 aliphatic rings. The normalized spacial score (nSPS) is 31.2. The van der Waals surface area contributed by atoms with Crippen molar-refractivity contribution >= 4 is 40.9 Å². The fourth-order valence-corrected chi connectivity index (χ4v) is 7.43. The maximum Gasteiger partial charge on any atom is 0.257 e. The second-order valence-corrected chi connectivity index (χ2v) is 11.3. The van der Waals surface area contributed by atoms with E-state index in [0.717, 1.165) is 11.0 Å². The zero-order valence-electron chi connectivity index (χ0n) is 21.6. The highest BCUT2D eigenvalue weighted by molar-refractivity contribution is 6.31. The smallest absolute Gasteiger partial charge is 0.257 e. The Morgan fingerprint density at radius 1 is 1.10 bits per heavy atom. The van der Waals surface area contributed by atoms with Crippen molar-refractivity contribution in [3.8, 4) is 11.5 Å². The van der Waals surface area contributed by atoms with Crippen LogP contribution < -0.4 is 9.64 Å². The number of nitrogens with zero attached hydrogens (tertiary/aromatic N) is 2. The van der Waals surface area contributed by atoms with E-state index in [1.807, 2.05) is 0 Å². The monoisotopic (exact) mass is 568 g/mol. The van der Waals surface area contributed by atoms with Crippen LogP contribution in [0.1, 0.15) is 38.2 Å². The van der Waals surface area contributed by atoms with Crippen LogP contribution in [-0.4, -0.2) is 45.6 Å². The molecule has 2 N–H and O–H groups in total. The van der Waals surface area contributed by atoms with Crippen molar-refractivity contribution in [1.29, 1.82) is 0 Å². The predicted molar refractivity (Wildman–Crippen MR) is 139 cm³/mol. The molecular formula is C29H26ClFN2O7. The van der Waals surface area contributed by atoms with Crippen molar-refractivity contribution in [3.05, 3.63) is 64.5 Å². The number of allylic oxidation sites excluding steroid dienone is 2. The second kappa shape index (κ2) is 9.14. The zero-order chi connectivity index (χ0) is 28.7. The zero-order valence-corrected chi connectivity index (χ0v) is 22.4. The van der Waals surface area contributed by atoms with Crippen molar-refractivity contribution in [3.63, 3.8) is 0 Å². The molecule has 6 atom stereocenters. The molecule has 2 heterocycles. The summed E-state index contributed by atoms with van der Waals surface area (Å²) in [4.78, 5) is 55.0. The number of fused-ring (bicyclic) bond motifs is 4. The summed E-state index contributed by atoms with van der Waals surface area (Å²) in [6, 6.07) is 8.49. The molecule has 6 rings (SSSR count). The van der Waals surface area contributed by atoms with E-state index in [4.69, 9.17) is 16.3 Å². The molecule has 0 radical (unpaired) electrons. The number of hydroxylamine groups is 2. The second-order valence-electron chi connectivity index (χ2n) is 10.9. The van der Waals surface area contributed by atoms with Crippen LogP contribution in [0.2, 0.25) is 5.02 Å². The molecule has 2 aliphatic carbocycles. The Bertz CT molecular complexity index is 1530. The van der Waals surface area contributed by atoms with Crippen LogP contribution in [0.15, 0.2) is 48.0 Å². The lowest BCUT2D eigenvalue weighted by Crippen LogP contribution is -2.48. The van der Waals surface area contributed by atoms with E-state index in [9.17, 15) is 33.9 Å². The van der Waals surface area contributed by atoms with Crippen LogP contribution in [0.3, 0.4) is 0 Å². The van der Waals surface area contributed by atoms with Gasteiger partial charge in [0.15, 0.2) is 11.5 Å². The van der Waals surface area contributed by atoms with Gasteiger partial charge in [-0.1, -0.05) is 35.4 Å². The third-order valence-corrected chi connectivity index (χ3v) is 9.34. The van der Waals surface area contributed by atoms with Crippen molar-refractivity contribution in [2.45, 2.75) is 32.6 Å². The molecule has 2 saturated heterocycles. The number of halogens is 2. The Labute approximate surface area is 233 Å². The molecule has 208 valence electrons. The number of aromatic hydroxyl groups is 1. The summed E-state index contributed by atoms with van der Waals surface area (Å²) in [5, 5.41) is 21.4. The van der Waals surface area contributed by atoms with Gasteiger partial charge in [0, 0.05) is 11.5 Å². The quantitative estimate of drug-likeness (QED) is 0.322. The average molecular weight is 569 g/mol. The van der Waals surface area contributed by atoms with Gasteiger partial charge in [0.25, 0.3) is 11.8 Å². The average Bonchev–Trinajstić information content (AvgIpc) is 3.27. The van der Waals surface area contributed by atoms with E-state index >= 15 is 0 Å². The number of imide groups is 2. The lowest BCUT2D eigenvalue weighted by molar-refractivity contribution is -0.173. The van der Waals surface area contributed by atoms with Gasteiger partial charge >= 0.3 is 0 Å². The molecule has 0 aromatic heterocycles. The van der Waals surface area contributed by atoms with Crippen LogP contribution in [0.25, 0.3) is 0 Å². The number of phenolic OH excluding ortho intramolecular Hbond substituents is 1. The fourth-order valence-electron chi connectivity index (χ4n) is 7.26. The minimum absolute atomic E-state index is 0.0643. The van der Waals surface area contributed by atoms with Gasteiger partial charge in [-0.05, 0) is 56.9 Å². The van der Waals surface area contributed by atoms with Gasteiger partial charge in [-0.25, -0.2) is 9.29 Å². The number of phenols is 1. The third-order valence-electron chi connectivity index (χ3n) is 9.05. The van der Waals surface area contributed by atoms with Crippen molar-refractivity contribution in [2.75, 3.05) is 11.5 Å². The minimum Gasteiger partial charge on any atom is -0.504 e. The van der Waals surface area contributed by atoms with E-state index in [1.165, 1.54) is 12.1 Å². The molecule has 2 aromatic carbocycles. The lowest BCUT2D eigenvalue weighted by Gasteiger charge is -2.49. The summed E-state index contributed by atoms with van der Waals surface area (Å²) in [5.74, 6) is -7.46. The van der Waals surface area contributed by atoms with Gasteiger partial charge < -0.3 is 9.84 Å². The van der Waals surface area contributed by atoms with E-state index < -0.39 is 64.5 Å². The van der Waals surface area contributed by atoms with E-state index in [1.54, 1.807) is 38.1 Å². The number of hydrogen-bond acceptors (Lipinski definition) is 7. The van der Waals surface area contributed by atoms with Crippen LogP contribution in [-0.2, 0) is 19.2 Å². The highest BCUT2D eigenvalue weighted by Crippen LogP contribution is 2.64. The van der Waals surface area contributed by atoms with Crippen LogP contribution in [0, 0.1) is 34.9 Å². The van der Waals surface area contributed by atoms with E-state index in [-0.39, 0.29) is 46.7 Å². The molecule has 1 saturated carbocycles. The van der Waals surface area contributed by atoms with Gasteiger partial charge in [-0.3, -0.25) is 24.4 Å². The van der Waals surface area contributed by atoms with Crippen molar-refractivity contribution in [1.82, 2.24) is 5.06 Å². The molecule has 40 heavy (non-hydrogen) atoms. The van der Waals surface area contributed by atoms with E-state index in [0.29, 0.717) is 11.1 Å². The molecule has 0 unspecified atom stereocenters. The Hall–Kier alpha value is -3.76. The maximum atomic E-state index is 14.3. The molecule has 0 bridgehead atoms. The van der Waals surface area contributed by atoms with Crippen LogP contribution >= 0.6 is 11.6 Å². The number of benzene rings is 2. The lowest BCUT2D eigenvalue weighted by atomic mass is 9.51. The Balaban J connectivity index is 1.56. The Kier molecular flexibility index (Phi) is 6.05. The molecule has 2 aromatic rings. The number of hydrogen-bond donors (Lipinski definition) is 2. The van der Waals surface area contributed by atoms with E-state index in [2.05, 4.69) is 0 Å². The molecule has 9 nitrogen and oxygen atoms in total. The SMILES string of the molecule is CCOc1cccc([C@H]2C3=CC[C@@H]4C(=O)N(O)C(=O)[C@@H]4[C@@H]3C[C@H]3C(=O)N(c4ccc(F)c(Cl)c4)C(=O)[C@@]23C)c1O. The van der Waals surface area contributed by atoms with Gasteiger partial charge in [-0.2, -0.15) is 5.06 Å². The summed E-state index contributed by atoms with van der Waals surface area (Å²) in [6.07, 6.45) is 2.01.